The summed E-state index contributed by atoms with van der Waals surface area (Å²) >= 11 is 0. The summed E-state index contributed by atoms with van der Waals surface area (Å²) in [5.41, 5.74) is 6.51. The summed E-state index contributed by atoms with van der Waals surface area (Å²) < 4.78 is 49.7. The minimum Gasteiger partial charge on any atom is -0.396 e. The molecule has 0 heterocycles. The number of halogens is 4. The molecule has 0 bridgehead atoms. The maximum Gasteiger partial charge on any atom is 0.418 e. The Hall–Kier alpha value is -1.79. The van der Waals surface area contributed by atoms with E-state index < -0.39 is 34.7 Å². The zero-order valence-electron chi connectivity index (χ0n) is 7.23. The second kappa shape index (κ2) is 3.41. The normalized spacial score (nSPS) is 11.5. The number of anilines is 1. The van der Waals surface area contributed by atoms with E-state index in [2.05, 4.69) is 0 Å². The van der Waals surface area contributed by atoms with Gasteiger partial charge in [0.05, 0.1) is 16.8 Å². The van der Waals surface area contributed by atoms with Crippen LogP contribution in [0.15, 0.2) is 12.1 Å². The van der Waals surface area contributed by atoms with E-state index in [0.717, 1.165) is 0 Å². The van der Waals surface area contributed by atoms with Gasteiger partial charge in [-0.25, -0.2) is 4.39 Å². The number of benzene rings is 1. The fourth-order valence-corrected chi connectivity index (χ4v) is 1.03. The van der Waals surface area contributed by atoms with Crippen molar-refractivity contribution in [2.24, 2.45) is 5.73 Å². The Morgan fingerprint density at radius 1 is 1.27 bits per heavy atom. The molecule has 7 heteroatoms. The molecular weight excluding hydrogens is 216 g/mol. The molecule has 0 fully saturated rings. The Balaban J connectivity index is 3.41. The van der Waals surface area contributed by atoms with Gasteiger partial charge in [0.25, 0.3) is 5.91 Å². The first kappa shape index (κ1) is 11.3. The van der Waals surface area contributed by atoms with Crippen LogP contribution in [0.4, 0.5) is 23.2 Å². The van der Waals surface area contributed by atoms with Crippen molar-refractivity contribution < 1.29 is 22.4 Å². The van der Waals surface area contributed by atoms with Gasteiger partial charge in [-0.3, -0.25) is 4.79 Å². The summed E-state index contributed by atoms with van der Waals surface area (Å²) in [5, 5.41) is 0. The van der Waals surface area contributed by atoms with Crippen LogP contribution in [0, 0.1) is 5.82 Å². The predicted molar refractivity (Wildman–Crippen MR) is 44.3 cm³/mol. The minimum atomic E-state index is -4.76. The molecule has 0 aliphatic rings. The lowest BCUT2D eigenvalue weighted by atomic mass is 10.1. The molecule has 0 saturated heterocycles. The first-order chi connectivity index (χ1) is 6.75. The molecule has 0 aromatic heterocycles. The number of carbonyl (C=O) groups excluding carboxylic acids is 1. The number of rotatable bonds is 1. The van der Waals surface area contributed by atoms with Gasteiger partial charge in [0.2, 0.25) is 0 Å². The fraction of sp³-hybridized carbons (Fsp3) is 0.125. The highest BCUT2D eigenvalue weighted by Gasteiger charge is 2.34. The molecule has 0 aliphatic carbocycles. The highest BCUT2D eigenvalue weighted by molar-refractivity contribution is 5.94. The molecule has 1 aromatic carbocycles. The zero-order chi connectivity index (χ0) is 11.8. The van der Waals surface area contributed by atoms with Gasteiger partial charge in [0, 0.05) is 0 Å². The number of hydrogen-bond acceptors (Lipinski definition) is 2. The number of nitrogen functional groups attached to an aromatic ring is 1. The van der Waals surface area contributed by atoms with Crippen molar-refractivity contribution in [3.63, 3.8) is 0 Å². The average Bonchev–Trinajstić information content (AvgIpc) is 2.06. The van der Waals surface area contributed by atoms with E-state index in [-0.39, 0.29) is 0 Å². The Morgan fingerprint density at radius 2 is 1.80 bits per heavy atom. The summed E-state index contributed by atoms with van der Waals surface area (Å²) in [6.45, 7) is 0. The van der Waals surface area contributed by atoms with Gasteiger partial charge in [-0.05, 0) is 12.1 Å². The topological polar surface area (TPSA) is 69.1 Å². The third kappa shape index (κ3) is 2.00. The number of carbonyl (C=O) groups is 1. The molecule has 0 atom stereocenters. The van der Waals surface area contributed by atoms with Gasteiger partial charge < -0.3 is 11.5 Å². The van der Waals surface area contributed by atoms with Crippen molar-refractivity contribution in [1.29, 1.82) is 0 Å². The van der Waals surface area contributed by atoms with E-state index in [4.69, 9.17) is 11.5 Å². The van der Waals surface area contributed by atoms with E-state index in [1.165, 1.54) is 0 Å². The van der Waals surface area contributed by atoms with Gasteiger partial charge in [0.1, 0.15) is 0 Å². The summed E-state index contributed by atoms with van der Waals surface area (Å²) in [7, 11) is 0. The minimum absolute atomic E-state index is 0.512. The molecule has 15 heavy (non-hydrogen) atoms. The molecule has 1 amide bonds. The standard InChI is InChI=1S/C8H6F4N2O/c9-5-3(7(14)15)1-2-4(6(5)13)8(10,11)12/h1-2H,13H2,(H2,14,15). The third-order valence-electron chi connectivity index (χ3n) is 1.75. The molecule has 3 nitrogen and oxygen atoms in total. The molecule has 0 radical (unpaired) electrons. The lowest BCUT2D eigenvalue weighted by Gasteiger charge is -2.11. The van der Waals surface area contributed by atoms with E-state index >= 15 is 0 Å². The maximum atomic E-state index is 13.1. The lowest BCUT2D eigenvalue weighted by molar-refractivity contribution is -0.137. The Morgan fingerprint density at radius 3 is 2.20 bits per heavy atom. The average molecular weight is 222 g/mol. The molecule has 1 aromatic rings. The van der Waals surface area contributed by atoms with Crippen LogP contribution in [0.2, 0.25) is 0 Å². The first-order valence-corrected chi connectivity index (χ1v) is 3.70. The third-order valence-corrected chi connectivity index (χ3v) is 1.75. The van der Waals surface area contributed by atoms with Gasteiger partial charge in [-0.15, -0.1) is 0 Å². The van der Waals surface area contributed by atoms with Crippen LogP contribution in [-0.4, -0.2) is 5.91 Å². The van der Waals surface area contributed by atoms with E-state index in [0.29, 0.717) is 12.1 Å². The van der Waals surface area contributed by atoms with Crippen molar-refractivity contribution in [2.75, 3.05) is 5.73 Å². The molecule has 82 valence electrons. The van der Waals surface area contributed by atoms with Crippen LogP contribution in [0.5, 0.6) is 0 Å². The Bertz CT molecular complexity index is 414. The number of hydrogen-bond donors (Lipinski definition) is 2. The van der Waals surface area contributed by atoms with Crippen LogP contribution in [0.25, 0.3) is 0 Å². The smallest absolute Gasteiger partial charge is 0.396 e. The molecule has 0 spiro atoms. The lowest BCUT2D eigenvalue weighted by Crippen LogP contribution is -2.17. The summed E-state index contributed by atoms with van der Waals surface area (Å²) in [6.07, 6.45) is -4.76. The van der Waals surface area contributed by atoms with Crippen LogP contribution >= 0.6 is 0 Å². The molecule has 4 N–H and O–H groups in total. The SMILES string of the molecule is NC(=O)c1ccc(C(F)(F)F)c(N)c1F. The van der Waals surface area contributed by atoms with E-state index in [9.17, 15) is 22.4 Å². The largest absolute Gasteiger partial charge is 0.418 e. The van der Waals surface area contributed by atoms with Gasteiger partial charge in [-0.1, -0.05) is 0 Å². The summed E-state index contributed by atoms with van der Waals surface area (Å²) in [6, 6.07) is 1.16. The predicted octanol–water partition coefficient (Wildman–Crippen LogP) is 1.53. The zero-order valence-corrected chi connectivity index (χ0v) is 7.23. The molecule has 0 aliphatic heterocycles. The summed E-state index contributed by atoms with van der Waals surface area (Å²) in [4.78, 5) is 10.6. The second-order valence-corrected chi connectivity index (χ2v) is 2.75. The molecule has 0 unspecified atom stereocenters. The number of nitrogens with two attached hydrogens (primary N) is 2. The van der Waals surface area contributed by atoms with Crippen LogP contribution < -0.4 is 11.5 Å². The van der Waals surface area contributed by atoms with Crippen molar-refractivity contribution in [3.05, 3.63) is 29.1 Å². The monoisotopic (exact) mass is 222 g/mol. The van der Waals surface area contributed by atoms with Gasteiger partial charge >= 0.3 is 6.18 Å². The van der Waals surface area contributed by atoms with Crippen molar-refractivity contribution in [1.82, 2.24) is 0 Å². The fourth-order valence-electron chi connectivity index (χ4n) is 1.03. The van der Waals surface area contributed by atoms with Crippen LogP contribution in [0.1, 0.15) is 15.9 Å². The maximum absolute atomic E-state index is 13.1. The van der Waals surface area contributed by atoms with Gasteiger partial charge in [0.15, 0.2) is 5.82 Å². The first-order valence-electron chi connectivity index (χ1n) is 3.70. The second-order valence-electron chi connectivity index (χ2n) is 2.75. The highest BCUT2D eigenvalue weighted by Crippen LogP contribution is 2.35. The van der Waals surface area contributed by atoms with E-state index in [1.54, 1.807) is 0 Å². The van der Waals surface area contributed by atoms with Crippen molar-refractivity contribution in [3.8, 4) is 0 Å². The Labute approximate surface area is 81.7 Å². The number of primary amides is 1. The molecule has 0 saturated carbocycles. The van der Waals surface area contributed by atoms with E-state index in [1.807, 2.05) is 0 Å². The Kier molecular flexibility index (Phi) is 2.57. The van der Waals surface area contributed by atoms with Gasteiger partial charge in [-0.2, -0.15) is 13.2 Å². The quantitative estimate of drug-likeness (QED) is 0.558. The molecular formula is C8H6F4N2O. The highest BCUT2D eigenvalue weighted by atomic mass is 19.4. The van der Waals surface area contributed by atoms with Crippen molar-refractivity contribution in [2.45, 2.75) is 6.18 Å². The summed E-state index contributed by atoms with van der Waals surface area (Å²) in [5.74, 6) is -2.62. The number of alkyl halides is 3. The molecule has 1 rings (SSSR count). The van der Waals surface area contributed by atoms with Crippen LogP contribution in [-0.2, 0) is 6.18 Å². The van der Waals surface area contributed by atoms with Crippen molar-refractivity contribution >= 4 is 11.6 Å². The van der Waals surface area contributed by atoms with Crippen LogP contribution in [0.3, 0.4) is 0 Å². The number of amides is 1.